The molecule has 0 aromatic heterocycles. The second kappa shape index (κ2) is 7.95. The molecule has 0 spiro atoms. The average molecular weight is 289 g/mol. The molecule has 2 heteroatoms. The second-order valence-electron chi connectivity index (χ2n) is 7.23. The molecular formula is C19H31NO. The molecule has 0 aliphatic heterocycles. The maximum absolute atomic E-state index is 10.4. The lowest BCUT2D eigenvalue weighted by Crippen LogP contribution is -2.29. The van der Waals surface area contributed by atoms with E-state index in [4.69, 9.17) is 0 Å². The normalized spacial score (nSPS) is 17.8. The van der Waals surface area contributed by atoms with Crippen LogP contribution in [0.2, 0.25) is 0 Å². The maximum Gasteiger partial charge on any atom is 0.0916 e. The van der Waals surface area contributed by atoms with Gasteiger partial charge in [0, 0.05) is 13.1 Å². The Morgan fingerprint density at radius 2 is 1.76 bits per heavy atom. The summed E-state index contributed by atoms with van der Waals surface area (Å²) in [5, 5.41) is 10.4. The molecule has 1 atom stereocenters. The Morgan fingerprint density at radius 1 is 1.14 bits per heavy atom. The predicted molar refractivity (Wildman–Crippen MR) is 89.4 cm³/mol. The fourth-order valence-corrected chi connectivity index (χ4v) is 3.46. The van der Waals surface area contributed by atoms with Crippen LogP contribution in [0.15, 0.2) is 24.3 Å². The lowest BCUT2D eigenvalue weighted by Gasteiger charge is -2.23. The third kappa shape index (κ3) is 5.44. The van der Waals surface area contributed by atoms with E-state index in [1.807, 2.05) is 0 Å². The third-order valence-corrected chi connectivity index (χ3v) is 4.54. The Hall–Kier alpha value is -0.860. The highest BCUT2D eigenvalue weighted by atomic mass is 16.3. The van der Waals surface area contributed by atoms with E-state index < -0.39 is 0 Å². The van der Waals surface area contributed by atoms with Gasteiger partial charge in [-0.3, -0.25) is 0 Å². The van der Waals surface area contributed by atoms with E-state index in [1.54, 1.807) is 0 Å². The monoisotopic (exact) mass is 289 g/mol. The van der Waals surface area contributed by atoms with E-state index >= 15 is 0 Å². The average Bonchev–Trinajstić information content (AvgIpc) is 2.91. The van der Waals surface area contributed by atoms with Crippen molar-refractivity contribution in [2.24, 2.45) is 11.8 Å². The van der Waals surface area contributed by atoms with Gasteiger partial charge in [-0.15, -0.1) is 0 Å². The van der Waals surface area contributed by atoms with E-state index in [0.717, 1.165) is 31.0 Å². The summed E-state index contributed by atoms with van der Waals surface area (Å²) in [6, 6.07) is 8.50. The third-order valence-electron chi connectivity index (χ3n) is 4.54. The number of aliphatic hydroxyl groups is 1. The van der Waals surface area contributed by atoms with Gasteiger partial charge in [0.2, 0.25) is 0 Å². The van der Waals surface area contributed by atoms with Gasteiger partial charge in [0.15, 0.2) is 0 Å². The molecule has 1 saturated carbocycles. The molecule has 2 rings (SSSR count). The van der Waals surface area contributed by atoms with Crippen molar-refractivity contribution in [2.45, 2.75) is 52.1 Å². The van der Waals surface area contributed by atoms with Crippen LogP contribution >= 0.6 is 0 Å². The van der Waals surface area contributed by atoms with Crippen molar-refractivity contribution in [3.8, 4) is 0 Å². The van der Waals surface area contributed by atoms with Crippen LogP contribution in [-0.4, -0.2) is 30.1 Å². The molecule has 0 bridgehead atoms. The largest absolute Gasteiger partial charge is 0.387 e. The van der Waals surface area contributed by atoms with Crippen LogP contribution in [0.3, 0.4) is 0 Å². The number of hydrogen-bond acceptors (Lipinski definition) is 2. The number of benzene rings is 1. The molecule has 0 heterocycles. The summed E-state index contributed by atoms with van der Waals surface area (Å²) in [6.45, 7) is 6.34. The lowest BCUT2D eigenvalue weighted by atomic mass is 10.00. The Kier molecular flexibility index (Phi) is 6.25. The Labute approximate surface area is 130 Å². The smallest absolute Gasteiger partial charge is 0.0916 e. The quantitative estimate of drug-likeness (QED) is 0.819. The maximum atomic E-state index is 10.4. The molecule has 1 fully saturated rings. The van der Waals surface area contributed by atoms with Gasteiger partial charge in [-0.1, -0.05) is 51.0 Å². The zero-order chi connectivity index (χ0) is 15.2. The first-order valence-corrected chi connectivity index (χ1v) is 8.50. The van der Waals surface area contributed by atoms with Gasteiger partial charge in [-0.05, 0) is 49.3 Å². The number of rotatable bonds is 7. The fourth-order valence-electron chi connectivity index (χ4n) is 3.46. The van der Waals surface area contributed by atoms with E-state index in [1.165, 1.54) is 31.2 Å². The van der Waals surface area contributed by atoms with Crippen molar-refractivity contribution < 1.29 is 5.11 Å². The summed E-state index contributed by atoms with van der Waals surface area (Å²) < 4.78 is 0. The van der Waals surface area contributed by atoms with Gasteiger partial charge >= 0.3 is 0 Å². The summed E-state index contributed by atoms with van der Waals surface area (Å²) in [5.41, 5.74) is 2.40. The van der Waals surface area contributed by atoms with Gasteiger partial charge in [0.1, 0.15) is 0 Å². The van der Waals surface area contributed by atoms with Gasteiger partial charge < -0.3 is 10.0 Å². The number of hydrogen-bond donors (Lipinski definition) is 1. The second-order valence-corrected chi connectivity index (χ2v) is 7.23. The highest BCUT2D eigenvalue weighted by Crippen LogP contribution is 2.26. The summed E-state index contributed by atoms with van der Waals surface area (Å²) in [4.78, 5) is 2.29. The summed E-state index contributed by atoms with van der Waals surface area (Å²) in [7, 11) is 2.13. The zero-order valence-corrected chi connectivity index (χ0v) is 13.9. The number of nitrogens with zero attached hydrogens (tertiary/aromatic N) is 1. The van der Waals surface area contributed by atoms with Crippen LogP contribution in [-0.2, 0) is 6.42 Å². The molecule has 1 aliphatic rings. The molecule has 1 aliphatic carbocycles. The molecule has 1 aromatic carbocycles. The van der Waals surface area contributed by atoms with Gasteiger partial charge in [-0.2, -0.15) is 0 Å². The van der Waals surface area contributed by atoms with Crippen LogP contribution in [0.1, 0.15) is 56.8 Å². The lowest BCUT2D eigenvalue weighted by molar-refractivity contribution is 0.118. The summed E-state index contributed by atoms with van der Waals surface area (Å²) in [5.74, 6) is 1.52. The molecule has 2 nitrogen and oxygen atoms in total. The molecule has 1 unspecified atom stereocenters. The summed E-state index contributed by atoms with van der Waals surface area (Å²) >= 11 is 0. The van der Waals surface area contributed by atoms with E-state index in [9.17, 15) is 5.11 Å². The van der Waals surface area contributed by atoms with Crippen molar-refractivity contribution in [1.29, 1.82) is 0 Å². The van der Waals surface area contributed by atoms with E-state index in [0.29, 0.717) is 5.92 Å². The molecule has 1 aromatic rings. The van der Waals surface area contributed by atoms with Crippen LogP contribution < -0.4 is 0 Å². The van der Waals surface area contributed by atoms with Crippen LogP contribution in [0.5, 0.6) is 0 Å². The van der Waals surface area contributed by atoms with E-state index in [2.05, 4.69) is 50.1 Å². The minimum Gasteiger partial charge on any atom is -0.387 e. The first kappa shape index (κ1) is 16.5. The first-order valence-electron chi connectivity index (χ1n) is 8.50. The van der Waals surface area contributed by atoms with Gasteiger partial charge in [-0.25, -0.2) is 0 Å². The van der Waals surface area contributed by atoms with E-state index in [-0.39, 0.29) is 6.10 Å². The zero-order valence-electron chi connectivity index (χ0n) is 13.9. The first-order chi connectivity index (χ1) is 10.0. The van der Waals surface area contributed by atoms with Gasteiger partial charge in [0.25, 0.3) is 0 Å². The molecule has 0 amide bonds. The molecule has 21 heavy (non-hydrogen) atoms. The van der Waals surface area contributed by atoms with Crippen molar-refractivity contribution in [2.75, 3.05) is 20.1 Å². The topological polar surface area (TPSA) is 23.5 Å². The molecule has 0 saturated heterocycles. The van der Waals surface area contributed by atoms with Crippen molar-refractivity contribution >= 4 is 0 Å². The number of aliphatic hydroxyl groups excluding tert-OH is 1. The Bertz CT molecular complexity index is 406. The van der Waals surface area contributed by atoms with Crippen LogP contribution in [0.4, 0.5) is 0 Å². The predicted octanol–water partition coefficient (Wildman–Crippen LogP) is 4.04. The molecular weight excluding hydrogens is 258 g/mol. The SMILES string of the molecule is CC(C)Cc1ccc(C(O)CN(C)CC2CCCC2)cc1. The fraction of sp³-hybridized carbons (Fsp3) is 0.684. The highest BCUT2D eigenvalue weighted by molar-refractivity contribution is 5.24. The van der Waals surface area contributed by atoms with Gasteiger partial charge in [0.05, 0.1) is 6.10 Å². The minimum absolute atomic E-state index is 0.371. The standard InChI is InChI=1S/C19H31NO/c1-15(2)12-16-8-10-18(11-9-16)19(21)14-20(3)13-17-6-4-5-7-17/h8-11,15,17,19,21H,4-7,12-14H2,1-3H3. The summed E-state index contributed by atoms with van der Waals surface area (Å²) in [6.07, 6.45) is 6.24. The van der Waals surface area contributed by atoms with Crippen LogP contribution in [0, 0.1) is 11.8 Å². The number of likely N-dealkylation sites (N-methyl/N-ethyl adjacent to an activating group) is 1. The van der Waals surface area contributed by atoms with Crippen molar-refractivity contribution in [3.63, 3.8) is 0 Å². The Balaban J connectivity index is 1.82. The Morgan fingerprint density at radius 3 is 2.33 bits per heavy atom. The highest BCUT2D eigenvalue weighted by Gasteiger charge is 2.18. The molecule has 118 valence electrons. The molecule has 0 radical (unpaired) electrons. The van der Waals surface area contributed by atoms with Crippen molar-refractivity contribution in [1.82, 2.24) is 4.90 Å². The molecule has 1 N–H and O–H groups in total. The van der Waals surface area contributed by atoms with Crippen LogP contribution in [0.25, 0.3) is 0 Å². The minimum atomic E-state index is -0.371. The van der Waals surface area contributed by atoms with Crippen molar-refractivity contribution in [3.05, 3.63) is 35.4 Å².